The van der Waals surface area contributed by atoms with Gasteiger partial charge in [-0.1, -0.05) is 6.08 Å². The summed E-state index contributed by atoms with van der Waals surface area (Å²) in [4.78, 5) is 12.2. The number of aliphatic hydroxyl groups excluding tert-OH is 1. The van der Waals surface area contributed by atoms with Gasteiger partial charge in [-0.05, 0) is 20.3 Å². The number of amides is 1. The van der Waals surface area contributed by atoms with Crippen molar-refractivity contribution in [1.82, 2.24) is 4.90 Å². The molecular formula is C10H17NO4. The summed E-state index contributed by atoms with van der Waals surface area (Å²) in [7, 11) is 0. The fraction of sp³-hybridized carbons (Fsp3) is 0.700. The van der Waals surface area contributed by atoms with Gasteiger partial charge in [-0.3, -0.25) is 4.90 Å². The molecule has 0 unspecified atom stereocenters. The standard InChI is InChI=1S/C10H17NO4/c1-4-5-8(12)7-6-15-10(2,3)11(7)9(13)14/h4,7-8,12H,1,5-6H2,2-3H3,(H,13,14)/t7-,8-/m0/s1. The van der Waals surface area contributed by atoms with Crippen LogP contribution in [0.2, 0.25) is 0 Å². The third kappa shape index (κ3) is 2.30. The van der Waals surface area contributed by atoms with Crippen LogP contribution in [0.15, 0.2) is 12.7 Å². The Balaban J connectivity index is 2.82. The Kier molecular flexibility index (Phi) is 3.36. The highest BCUT2D eigenvalue weighted by molar-refractivity contribution is 5.66. The van der Waals surface area contributed by atoms with Gasteiger partial charge >= 0.3 is 6.09 Å². The zero-order valence-electron chi connectivity index (χ0n) is 9.01. The molecule has 0 spiro atoms. The van der Waals surface area contributed by atoms with Gasteiger partial charge < -0.3 is 14.9 Å². The summed E-state index contributed by atoms with van der Waals surface area (Å²) in [5, 5.41) is 18.8. The van der Waals surface area contributed by atoms with Crippen molar-refractivity contribution < 1.29 is 19.7 Å². The molecule has 2 atom stereocenters. The van der Waals surface area contributed by atoms with E-state index in [0.717, 1.165) is 4.90 Å². The smallest absolute Gasteiger partial charge is 0.409 e. The minimum Gasteiger partial charge on any atom is -0.465 e. The van der Waals surface area contributed by atoms with E-state index in [1.165, 1.54) is 0 Å². The Labute approximate surface area is 89.0 Å². The number of nitrogens with zero attached hydrogens (tertiary/aromatic N) is 1. The van der Waals surface area contributed by atoms with Gasteiger partial charge in [0.15, 0.2) is 0 Å². The van der Waals surface area contributed by atoms with Gasteiger partial charge in [0.05, 0.1) is 18.8 Å². The topological polar surface area (TPSA) is 70.0 Å². The number of rotatable bonds is 3. The average Bonchev–Trinajstić information content (AvgIpc) is 2.41. The van der Waals surface area contributed by atoms with Crippen molar-refractivity contribution in [2.45, 2.75) is 38.1 Å². The molecule has 1 amide bonds. The van der Waals surface area contributed by atoms with E-state index in [-0.39, 0.29) is 6.61 Å². The highest BCUT2D eigenvalue weighted by atomic mass is 16.5. The summed E-state index contributed by atoms with van der Waals surface area (Å²) in [6.07, 6.45) is 0.0789. The van der Waals surface area contributed by atoms with Crippen LogP contribution in [-0.2, 0) is 4.74 Å². The predicted octanol–water partition coefficient (Wildman–Crippen LogP) is 1.04. The maximum absolute atomic E-state index is 11.0. The molecule has 5 nitrogen and oxygen atoms in total. The quantitative estimate of drug-likeness (QED) is 0.690. The Bertz CT molecular complexity index is 264. The van der Waals surface area contributed by atoms with Crippen LogP contribution in [0.4, 0.5) is 4.79 Å². The van der Waals surface area contributed by atoms with Crippen LogP contribution < -0.4 is 0 Å². The van der Waals surface area contributed by atoms with Crippen molar-refractivity contribution in [2.75, 3.05) is 6.61 Å². The molecule has 1 fully saturated rings. The minimum atomic E-state index is -1.08. The molecule has 2 N–H and O–H groups in total. The predicted molar refractivity (Wildman–Crippen MR) is 54.5 cm³/mol. The first-order valence-corrected chi connectivity index (χ1v) is 4.85. The summed E-state index contributed by atoms with van der Waals surface area (Å²) >= 11 is 0. The molecule has 1 aliphatic rings. The maximum Gasteiger partial charge on any atom is 0.409 e. The summed E-state index contributed by atoms with van der Waals surface area (Å²) in [6.45, 7) is 7.06. The van der Waals surface area contributed by atoms with Gasteiger partial charge in [0.2, 0.25) is 0 Å². The third-order valence-corrected chi connectivity index (χ3v) is 2.58. The van der Waals surface area contributed by atoms with E-state index in [0.29, 0.717) is 6.42 Å². The first kappa shape index (κ1) is 12.0. The molecule has 0 radical (unpaired) electrons. The van der Waals surface area contributed by atoms with E-state index in [1.807, 2.05) is 0 Å². The molecule has 1 heterocycles. The van der Waals surface area contributed by atoms with Gasteiger partial charge in [0.25, 0.3) is 0 Å². The number of hydrogen-bond acceptors (Lipinski definition) is 3. The Morgan fingerprint density at radius 3 is 2.87 bits per heavy atom. The lowest BCUT2D eigenvalue weighted by atomic mass is 10.1. The van der Waals surface area contributed by atoms with Crippen molar-refractivity contribution >= 4 is 6.09 Å². The molecule has 15 heavy (non-hydrogen) atoms. The number of hydrogen-bond donors (Lipinski definition) is 2. The van der Waals surface area contributed by atoms with Crippen LogP contribution in [-0.4, -0.2) is 45.7 Å². The summed E-state index contributed by atoms with van der Waals surface area (Å²) in [5.74, 6) is 0. The second-order valence-corrected chi connectivity index (χ2v) is 4.07. The first-order chi connectivity index (χ1) is 6.90. The number of carbonyl (C=O) groups is 1. The SMILES string of the molecule is C=CC[C@H](O)[C@@H]1COC(C)(C)N1C(=O)O. The molecule has 1 aliphatic heterocycles. The Hall–Kier alpha value is -1.07. The first-order valence-electron chi connectivity index (χ1n) is 4.85. The monoisotopic (exact) mass is 215 g/mol. The number of carboxylic acid groups (broad SMARTS) is 1. The molecule has 1 saturated heterocycles. The van der Waals surface area contributed by atoms with Crippen LogP contribution >= 0.6 is 0 Å². The zero-order chi connectivity index (χ0) is 11.6. The molecule has 0 aromatic carbocycles. The lowest BCUT2D eigenvalue weighted by Gasteiger charge is -2.32. The molecule has 0 saturated carbocycles. The average molecular weight is 215 g/mol. The van der Waals surface area contributed by atoms with Crippen LogP contribution in [0.3, 0.4) is 0 Å². The lowest BCUT2D eigenvalue weighted by molar-refractivity contribution is -0.0464. The molecular weight excluding hydrogens is 198 g/mol. The van der Waals surface area contributed by atoms with E-state index in [4.69, 9.17) is 9.84 Å². The largest absolute Gasteiger partial charge is 0.465 e. The Morgan fingerprint density at radius 1 is 1.80 bits per heavy atom. The van der Waals surface area contributed by atoms with Crippen LogP contribution in [0.1, 0.15) is 20.3 Å². The fourth-order valence-electron chi connectivity index (χ4n) is 1.82. The van der Waals surface area contributed by atoms with Crippen molar-refractivity contribution in [3.05, 3.63) is 12.7 Å². The Morgan fingerprint density at radius 2 is 2.40 bits per heavy atom. The van der Waals surface area contributed by atoms with E-state index in [2.05, 4.69) is 6.58 Å². The normalized spacial score (nSPS) is 26.3. The van der Waals surface area contributed by atoms with Gasteiger partial charge in [-0.2, -0.15) is 0 Å². The molecule has 0 aliphatic carbocycles. The number of ether oxygens (including phenoxy) is 1. The van der Waals surface area contributed by atoms with E-state index in [9.17, 15) is 9.90 Å². The maximum atomic E-state index is 11.0. The van der Waals surface area contributed by atoms with Gasteiger partial charge in [-0.25, -0.2) is 4.79 Å². The second kappa shape index (κ2) is 4.20. The van der Waals surface area contributed by atoms with Gasteiger partial charge in [0, 0.05) is 0 Å². The fourth-order valence-corrected chi connectivity index (χ4v) is 1.82. The van der Waals surface area contributed by atoms with Crippen molar-refractivity contribution in [1.29, 1.82) is 0 Å². The summed E-state index contributed by atoms with van der Waals surface area (Å²) < 4.78 is 5.35. The van der Waals surface area contributed by atoms with Crippen LogP contribution in [0, 0.1) is 0 Å². The summed E-state index contributed by atoms with van der Waals surface area (Å²) in [6, 6.07) is -0.518. The lowest BCUT2D eigenvalue weighted by Crippen LogP contribution is -2.51. The molecule has 0 bridgehead atoms. The second-order valence-electron chi connectivity index (χ2n) is 4.07. The van der Waals surface area contributed by atoms with Crippen molar-refractivity contribution in [2.24, 2.45) is 0 Å². The molecule has 0 aromatic heterocycles. The van der Waals surface area contributed by atoms with Crippen molar-refractivity contribution in [3.63, 3.8) is 0 Å². The molecule has 0 aromatic rings. The van der Waals surface area contributed by atoms with Gasteiger partial charge in [-0.15, -0.1) is 6.58 Å². The minimum absolute atomic E-state index is 0.217. The zero-order valence-corrected chi connectivity index (χ0v) is 9.01. The van der Waals surface area contributed by atoms with E-state index < -0.39 is 24.0 Å². The molecule has 1 rings (SSSR count). The van der Waals surface area contributed by atoms with Crippen LogP contribution in [0.5, 0.6) is 0 Å². The highest BCUT2D eigenvalue weighted by Gasteiger charge is 2.46. The van der Waals surface area contributed by atoms with E-state index in [1.54, 1.807) is 19.9 Å². The number of aliphatic hydroxyl groups is 1. The van der Waals surface area contributed by atoms with Crippen molar-refractivity contribution in [3.8, 4) is 0 Å². The van der Waals surface area contributed by atoms with E-state index >= 15 is 0 Å². The third-order valence-electron chi connectivity index (χ3n) is 2.58. The molecule has 5 heteroatoms. The van der Waals surface area contributed by atoms with Crippen LogP contribution in [0.25, 0.3) is 0 Å². The summed E-state index contributed by atoms with van der Waals surface area (Å²) in [5.41, 5.74) is -0.876. The highest BCUT2D eigenvalue weighted by Crippen LogP contribution is 2.29. The molecule has 86 valence electrons. The van der Waals surface area contributed by atoms with Gasteiger partial charge in [0.1, 0.15) is 5.72 Å².